The number of anilines is 1. The summed E-state index contributed by atoms with van der Waals surface area (Å²) in [6.07, 6.45) is 11.0. The molecular formula is C31H35N4O5+. The van der Waals surface area contributed by atoms with E-state index >= 15 is 0 Å². The van der Waals surface area contributed by atoms with Crippen molar-refractivity contribution in [1.29, 1.82) is 0 Å². The standard InChI is InChI=1S/C31H34N4O5/c36-30(37)17-21-2-5-23(6-3-21)24-7-9-25(10-8-24)34-13-12-29-33-26(19-35(29)20-34)31(38)32-18-22-4-11-27-28(16-22)40-15-1-14-39-27/h4,7-13,16,19,21,23H,1-3,5-6,14-15,17-18,20H2,(H,32,38)(H,36,37)/p+1. The van der Waals surface area contributed by atoms with Crippen LogP contribution in [0.3, 0.4) is 0 Å². The molecule has 9 heteroatoms. The van der Waals surface area contributed by atoms with E-state index in [-0.39, 0.29) is 12.3 Å². The minimum absolute atomic E-state index is 0.205. The first-order valence-corrected chi connectivity index (χ1v) is 14.1. The van der Waals surface area contributed by atoms with Gasteiger partial charge in [-0.2, -0.15) is 4.99 Å². The van der Waals surface area contributed by atoms with Crippen LogP contribution in [-0.2, 0) is 16.1 Å². The average Bonchev–Trinajstić information content (AvgIpc) is 3.26. The van der Waals surface area contributed by atoms with Gasteiger partial charge in [-0.25, -0.2) is 4.90 Å². The number of hydrogen-bond acceptors (Lipinski definition) is 6. The Balaban J connectivity index is 1.03. The molecule has 1 aliphatic carbocycles. The monoisotopic (exact) mass is 543 g/mol. The van der Waals surface area contributed by atoms with E-state index in [9.17, 15) is 9.59 Å². The summed E-state index contributed by atoms with van der Waals surface area (Å²) in [6.45, 7) is 2.29. The summed E-state index contributed by atoms with van der Waals surface area (Å²) in [6, 6.07) is 14.4. The number of amidine groups is 1. The molecule has 208 valence electrons. The maximum Gasteiger partial charge on any atom is 0.303 e. The highest BCUT2D eigenvalue weighted by Gasteiger charge is 2.30. The largest absolute Gasteiger partial charge is 0.490 e. The maximum atomic E-state index is 12.9. The minimum atomic E-state index is -0.690. The van der Waals surface area contributed by atoms with Crippen LogP contribution >= 0.6 is 0 Å². The minimum Gasteiger partial charge on any atom is -0.490 e. The van der Waals surface area contributed by atoms with Crippen LogP contribution in [0.15, 0.2) is 71.6 Å². The summed E-state index contributed by atoms with van der Waals surface area (Å²) in [5.74, 6) is 2.19. The first kappa shape index (κ1) is 26.1. The molecule has 1 atom stereocenters. The number of amides is 1. The molecular weight excluding hydrogens is 508 g/mol. The van der Waals surface area contributed by atoms with Gasteiger partial charge in [-0.15, -0.1) is 0 Å². The van der Waals surface area contributed by atoms with Gasteiger partial charge < -0.3 is 19.9 Å². The molecule has 0 saturated heterocycles. The van der Waals surface area contributed by atoms with Gasteiger partial charge in [0, 0.05) is 37.3 Å². The van der Waals surface area contributed by atoms with Gasteiger partial charge in [0.1, 0.15) is 6.20 Å². The number of ether oxygens (including phenoxy) is 2. The second kappa shape index (κ2) is 11.6. The van der Waals surface area contributed by atoms with Crippen molar-refractivity contribution < 1.29 is 29.1 Å². The van der Waals surface area contributed by atoms with Gasteiger partial charge in [0.05, 0.1) is 13.2 Å². The Labute approximate surface area is 233 Å². The smallest absolute Gasteiger partial charge is 0.303 e. The van der Waals surface area contributed by atoms with Gasteiger partial charge in [0.25, 0.3) is 5.91 Å². The van der Waals surface area contributed by atoms with Crippen molar-refractivity contribution in [1.82, 2.24) is 5.32 Å². The van der Waals surface area contributed by atoms with E-state index in [1.807, 2.05) is 36.7 Å². The molecule has 6 rings (SSSR count). The number of fused-ring (bicyclic) bond motifs is 2. The van der Waals surface area contributed by atoms with Crippen LogP contribution in [0, 0.1) is 5.92 Å². The highest BCUT2D eigenvalue weighted by Crippen LogP contribution is 2.37. The van der Waals surface area contributed by atoms with Gasteiger partial charge in [0.15, 0.2) is 23.9 Å². The lowest BCUT2D eigenvalue weighted by molar-refractivity contribution is -0.742. The van der Waals surface area contributed by atoms with Crippen LogP contribution < -0.4 is 24.6 Å². The average molecular weight is 544 g/mol. The molecule has 3 heterocycles. The van der Waals surface area contributed by atoms with Gasteiger partial charge in [-0.05, 0) is 72.9 Å². The second-order valence-electron chi connectivity index (χ2n) is 10.9. The molecule has 0 spiro atoms. The summed E-state index contributed by atoms with van der Waals surface area (Å²) in [4.78, 5) is 31.7. The number of carbonyl (C=O) groups excluding carboxylic acids is 1. The van der Waals surface area contributed by atoms with Gasteiger partial charge in [-0.3, -0.25) is 14.5 Å². The summed E-state index contributed by atoms with van der Waals surface area (Å²) >= 11 is 0. The van der Waals surface area contributed by atoms with E-state index in [1.54, 1.807) is 0 Å². The number of aliphatic carboxylic acids is 1. The predicted molar refractivity (Wildman–Crippen MR) is 150 cm³/mol. The summed E-state index contributed by atoms with van der Waals surface area (Å²) in [5, 5.41) is 12.0. The highest BCUT2D eigenvalue weighted by atomic mass is 16.5. The topological polar surface area (TPSA) is 105 Å². The fourth-order valence-corrected chi connectivity index (χ4v) is 5.91. The number of carboxylic acids is 1. The number of carboxylic acid groups (broad SMARTS) is 1. The highest BCUT2D eigenvalue weighted by molar-refractivity contribution is 5.99. The maximum absolute atomic E-state index is 12.9. The predicted octanol–water partition coefficient (Wildman–Crippen LogP) is 3.34. The quantitative estimate of drug-likeness (QED) is 0.495. The van der Waals surface area contributed by atoms with Crippen LogP contribution in [0.1, 0.15) is 55.6 Å². The van der Waals surface area contributed by atoms with E-state index in [2.05, 4.69) is 39.5 Å². The number of aliphatic imine (C=N–C) groups is 1. The molecule has 9 nitrogen and oxygen atoms in total. The molecule has 0 aromatic heterocycles. The van der Waals surface area contributed by atoms with Crippen molar-refractivity contribution in [2.45, 2.75) is 51.0 Å². The third-order valence-electron chi connectivity index (χ3n) is 8.14. The van der Waals surface area contributed by atoms with Crippen LogP contribution in [0.25, 0.3) is 0 Å². The molecule has 2 aromatic rings. The molecule has 0 radical (unpaired) electrons. The Bertz CT molecular complexity index is 1360. The molecule has 1 unspecified atom stereocenters. The van der Waals surface area contributed by atoms with Crippen LogP contribution in [-0.4, -0.2) is 42.7 Å². The van der Waals surface area contributed by atoms with Crippen molar-refractivity contribution in [2.75, 3.05) is 24.8 Å². The summed E-state index contributed by atoms with van der Waals surface area (Å²) in [5.41, 5.74) is 3.77. The fraction of sp³-hybridized carbons (Fsp3) is 0.387. The Morgan fingerprint density at radius 3 is 2.58 bits per heavy atom. The number of carbonyl (C=O) groups is 2. The third kappa shape index (κ3) is 5.89. The van der Waals surface area contributed by atoms with Crippen LogP contribution in [0.4, 0.5) is 5.69 Å². The SMILES string of the molecule is O=C(O)CC1CCC(c2ccc(N3C=CC4=NC(C(=O)NCc5ccc6c(c5)OCCCO6)=C[NH+]4C3)cc2)CC1. The number of benzene rings is 2. The fourth-order valence-electron chi connectivity index (χ4n) is 5.91. The second-order valence-corrected chi connectivity index (χ2v) is 10.9. The van der Waals surface area contributed by atoms with Crippen molar-refractivity contribution in [3.05, 3.63) is 77.8 Å². The molecule has 40 heavy (non-hydrogen) atoms. The summed E-state index contributed by atoms with van der Waals surface area (Å²) < 4.78 is 11.4. The Morgan fingerprint density at radius 2 is 1.80 bits per heavy atom. The molecule has 4 aliphatic rings. The zero-order valence-electron chi connectivity index (χ0n) is 22.5. The Hall–Kier alpha value is -4.11. The van der Waals surface area contributed by atoms with Gasteiger partial charge in [0.2, 0.25) is 5.84 Å². The normalized spacial score (nSPS) is 23.5. The van der Waals surface area contributed by atoms with E-state index < -0.39 is 5.97 Å². The van der Waals surface area contributed by atoms with Crippen LogP contribution in [0.5, 0.6) is 11.5 Å². The molecule has 3 aliphatic heterocycles. The number of hydrogen-bond donors (Lipinski definition) is 3. The number of rotatable bonds is 7. The van der Waals surface area contributed by atoms with E-state index in [0.717, 1.165) is 59.8 Å². The molecule has 0 bridgehead atoms. The first-order valence-electron chi connectivity index (χ1n) is 14.1. The Morgan fingerprint density at radius 1 is 1.02 bits per heavy atom. The number of quaternary nitrogens is 1. The lowest BCUT2D eigenvalue weighted by Crippen LogP contribution is -3.11. The number of nitrogens with zero attached hydrogens (tertiary/aromatic N) is 2. The van der Waals surface area contributed by atoms with E-state index in [4.69, 9.17) is 14.6 Å². The zero-order valence-corrected chi connectivity index (χ0v) is 22.5. The first-order chi connectivity index (χ1) is 19.5. The molecule has 1 saturated carbocycles. The summed E-state index contributed by atoms with van der Waals surface area (Å²) in [7, 11) is 0. The Kier molecular flexibility index (Phi) is 7.55. The van der Waals surface area contributed by atoms with Crippen molar-refractivity contribution >= 4 is 23.4 Å². The number of nitrogens with one attached hydrogen (secondary N) is 2. The molecule has 1 amide bonds. The lowest BCUT2D eigenvalue weighted by atomic mass is 9.77. The third-order valence-corrected chi connectivity index (χ3v) is 8.14. The van der Waals surface area contributed by atoms with Crippen molar-refractivity contribution in [3.63, 3.8) is 0 Å². The van der Waals surface area contributed by atoms with Gasteiger partial charge in [-0.1, -0.05) is 18.2 Å². The molecule has 1 fully saturated rings. The van der Waals surface area contributed by atoms with E-state index in [0.29, 0.717) is 49.7 Å². The lowest BCUT2D eigenvalue weighted by Gasteiger charge is -2.29. The van der Waals surface area contributed by atoms with Crippen LogP contribution in [0.2, 0.25) is 0 Å². The molecule has 3 N–H and O–H groups in total. The van der Waals surface area contributed by atoms with E-state index in [1.165, 1.54) is 5.56 Å². The van der Waals surface area contributed by atoms with Crippen molar-refractivity contribution in [3.8, 4) is 11.5 Å². The van der Waals surface area contributed by atoms with Gasteiger partial charge >= 0.3 is 5.97 Å². The molecule has 2 aromatic carbocycles. The van der Waals surface area contributed by atoms with Crippen molar-refractivity contribution in [2.24, 2.45) is 10.9 Å². The zero-order chi connectivity index (χ0) is 27.5.